The van der Waals surface area contributed by atoms with Crippen molar-refractivity contribution in [3.63, 3.8) is 0 Å². The van der Waals surface area contributed by atoms with E-state index in [0.717, 1.165) is 25.4 Å². The molecule has 16 heavy (non-hydrogen) atoms. The van der Waals surface area contributed by atoms with E-state index in [4.69, 9.17) is 10.5 Å². The van der Waals surface area contributed by atoms with E-state index in [9.17, 15) is 0 Å². The Balaban J connectivity index is 1.73. The quantitative estimate of drug-likeness (QED) is 0.675. The van der Waals surface area contributed by atoms with Gasteiger partial charge < -0.3 is 21.1 Å². The third kappa shape index (κ3) is 3.08. The Kier molecular flexibility index (Phi) is 3.58. The summed E-state index contributed by atoms with van der Waals surface area (Å²) in [4.78, 5) is 4.03. The number of nitrogens with two attached hydrogens (primary N) is 1. The second-order valence-corrected chi connectivity index (χ2v) is 4.16. The molecule has 88 valence electrons. The molecule has 5 nitrogen and oxygen atoms in total. The van der Waals surface area contributed by atoms with Gasteiger partial charge in [-0.15, -0.1) is 0 Å². The van der Waals surface area contributed by atoms with Crippen LogP contribution < -0.4 is 16.4 Å². The summed E-state index contributed by atoms with van der Waals surface area (Å²) >= 11 is 0. The van der Waals surface area contributed by atoms with Gasteiger partial charge in [0.25, 0.3) is 0 Å². The van der Waals surface area contributed by atoms with Crippen molar-refractivity contribution in [3.05, 3.63) is 18.3 Å². The highest BCUT2D eigenvalue weighted by Gasteiger charge is 2.17. The monoisotopic (exact) mass is 222 g/mol. The number of hydrogen-bond acceptors (Lipinski definition) is 5. The summed E-state index contributed by atoms with van der Waals surface area (Å²) in [6.07, 6.45) is 1.75. The van der Waals surface area contributed by atoms with Gasteiger partial charge in [0.15, 0.2) is 0 Å². The number of aromatic nitrogens is 1. The number of rotatable bonds is 5. The first kappa shape index (κ1) is 11.2. The summed E-state index contributed by atoms with van der Waals surface area (Å²) in [5.41, 5.74) is 6.51. The summed E-state index contributed by atoms with van der Waals surface area (Å²) in [6, 6.07) is 4.60. The maximum absolute atomic E-state index is 5.52. The van der Waals surface area contributed by atoms with Gasteiger partial charge in [-0.1, -0.05) is 0 Å². The molecule has 2 heterocycles. The minimum absolute atomic E-state index is 0.353. The van der Waals surface area contributed by atoms with Crippen LogP contribution in [-0.4, -0.2) is 36.8 Å². The van der Waals surface area contributed by atoms with Crippen LogP contribution >= 0.6 is 0 Å². The van der Waals surface area contributed by atoms with Crippen LogP contribution in [0.3, 0.4) is 0 Å². The van der Waals surface area contributed by atoms with E-state index in [1.54, 1.807) is 12.3 Å². The Morgan fingerprint density at radius 2 is 2.38 bits per heavy atom. The number of nitrogen functional groups attached to an aromatic ring is 1. The number of nitrogens with one attached hydrogen (secondary N) is 2. The van der Waals surface area contributed by atoms with Gasteiger partial charge in [-0.05, 0) is 19.1 Å². The first-order valence-electron chi connectivity index (χ1n) is 5.53. The highest BCUT2D eigenvalue weighted by molar-refractivity contribution is 5.45. The van der Waals surface area contributed by atoms with E-state index in [2.05, 4.69) is 22.5 Å². The molecular weight excluding hydrogens is 204 g/mol. The normalized spacial score (nSPS) is 17.8. The second kappa shape index (κ2) is 5.14. The van der Waals surface area contributed by atoms with Gasteiger partial charge in [0, 0.05) is 12.6 Å². The average Bonchev–Trinajstić information content (AvgIpc) is 2.19. The topological polar surface area (TPSA) is 72.2 Å². The summed E-state index contributed by atoms with van der Waals surface area (Å²) < 4.78 is 5.09. The lowest BCUT2D eigenvalue weighted by Gasteiger charge is -2.28. The predicted octanol–water partition coefficient (Wildman–Crippen LogP) is 0.453. The lowest BCUT2D eigenvalue weighted by molar-refractivity contribution is -0.00505. The van der Waals surface area contributed by atoms with Gasteiger partial charge in [0.05, 0.1) is 31.1 Å². The summed E-state index contributed by atoms with van der Waals surface area (Å²) in [5, 5.41) is 6.77. The molecule has 2 rings (SSSR count). The zero-order valence-electron chi connectivity index (χ0n) is 9.44. The fourth-order valence-corrected chi connectivity index (χ4v) is 1.52. The molecule has 1 aliphatic heterocycles. The smallest absolute Gasteiger partial charge is 0.123 e. The Morgan fingerprint density at radius 1 is 1.56 bits per heavy atom. The minimum Gasteiger partial charge on any atom is -0.384 e. The molecule has 0 aliphatic carbocycles. The number of anilines is 2. The number of ether oxygens (including phenoxy) is 1. The fraction of sp³-hybridized carbons (Fsp3) is 0.545. The molecule has 0 radical (unpaired) electrons. The zero-order valence-corrected chi connectivity index (χ0v) is 9.44. The third-order valence-electron chi connectivity index (χ3n) is 2.55. The molecule has 0 unspecified atom stereocenters. The largest absolute Gasteiger partial charge is 0.384 e. The van der Waals surface area contributed by atoms with Gasteiger partial charge >= 0.3 is 0 Å². The standard InChI is InChI=1S/C11H18N4O/c1-8(4-13-10-6-16-7-10)15-9-2-3-11(12)14-5-9/h2-3,5,8,10,13,15H,4,6-7H2,1H3,(H2,12,14)/t8-/m0/s1. The molecule has 0 aromatic carbocycles. The van der Waals surface area contributed by atoms with E-state index >= 15 is 0 Å². The van der Waals surface area contributed by atoms with Crippen LogP contribution in [0.4, 0.5) is 11.5 Å². The van der Waals surface area contributed by atoms with Crippen molar-refractivity contribution >= 4 is 11.5 Å². The fourth-order valence-electron chi connectivity index (χ4n) is 1.52. The van der Waals surface area contributed by atoms with Crippen molar-refractivity contribution in [1.29, 1.82) is 0 Å². The molecule has 0 bridgehead atoms. The average molecular weight is 222 g/mol. The van der Waals surface area contributed by atoms with Crippen molar-refractivity contribution in [2.75, 3.05) is 30.8 Å². The van der Waals surface area contributed by atoms with Crippen LogP contribution in [-0.2, 0) is 4.74 Å². The Morgan fingerprint density at radius 3 is 2.94 bits per heavy atom. The third-order valence-corrected chi connectivity index (χ3v) is 2.55. The minimum atomic E-state index is 0.353. The summed E-state index contributed by atoms with van der Waals surface area (Å²) in [6.45, 7) is 4.70. The molecule has 1 aliphatic rings. The lowest BCUT2D eigenvalue weighted by atomic mass is 10.2. The van der Waals surface area contributed by atoms with Crippen molar-refractivity contribution in [2.24, 2.45) is 0 Å². The van der Waals surface area contributed by atoms with Crippen LogP contribution in [0.1, 0.15) is 6.92 Å². The molecule has 0 saturated carbocycles. The molecule has 0 spiro atoms. The molecule has 0 amide bonds. The summed E-state index contributed by atoms with van der Waals surface area (Å²) in [5.74, 6) is 0.544. The number of pyridine rings is 1. The van der Waals surface area contributed by atoms with E-state index in [1.165, 1.54) is 0 Å². The zero-order chi connectivity index (χ0) is 11.4. The predicted molar refractivity (Wildman–Crippen MR) is 64.3 cm³/mol. The summed E-state index contributed by atoms with van der Waals surface area (Å²) in [7, 11) is 0. The maximum atomic E-state index is 5.52. The number of nitrogens with zero attached hydrogens (tertiary/aromatic N) is 1. The van der Waals surface area contributed by atoms with Crippen molar-refractivity contribution in [1.82, 2.24) is 10.3 Å². The van der Waals surface area contributed by atoms with Gasteiger partial charge in [-0.3, -0.25) is 0 Å². The Labute approximate surface area is 95.4 Å². The van der Waals surface area contributed by atoms with Crippen LogP contribution in [0.2, 0.25) is 0 Å². The molecule has 4 N–H and O–H groups in total. The van der Waals surface area contributed by atoms with Gasteiger partial charge in [-0.2, -0.15) is 0 Å². The van der Waals surface area contributed by atoms with Gasteiger partial charge in [0.2, 0.25) is 0 Å². The van der Waals surface area contributed by atoms with Gasteiger partial charge in [-0.25, -0.2) is 4.98 Å². The maximum Gasteiger partial charge on any atom is 0.123 e. The highest BCUT2D eigenvalue weighted by atomic mass is 16.5. The molecular formula is C11H18N4O. The first-order valence-corrected chi connectivity index (χ1v) is 5.53. The van der Waals surface area contributed by atoms with E-state index in [-0.39, 0.29) is 0 Å². The van der Waals surface area contributed by atoms with Crippen LogP contribution in [0.15, 0.2) is 18.3 Å². The SMILES string of the molecule is C[C@@H](CNC1COC1)Nc1ccc(N)nc1. The molecule has 1 aromatic rings. The molecule has 1 saturated heterocycles. The van der Waals surface area contributed by atoms with E-state index < -0.39 is 0 Å². The van der Waals surface area contributed by atoms with Gasteiger partial charge in [0.1, 0.15) is 5.82 Å². The van der Waals surface area contributed by atoms with E-state index in [0.29, 0.717) is 17.9 Å². The molecule has 5 heteroatoms. The second-order valence-electron chi connectivity index (χ2n) is 4.16. The Bertz CT molecular complexity index is 323. The van der Waals surface area contributed by atoms with Crippen LogP contribution in [0, 0.1) is 0 Å². The van der Waals surface area contributed by atoms with Crippen LogP contribution in [0.25, 0.3) is 0 Å². The van der Waals surface area contributed by atoms with E-state index in [1.807, 2.05) is 6.07 Å². The molecule has 1 fully saturated rings. The molecule has 1 aromatic heterocycles. The van der Waals surface area contributed by atoms with Crippen LogP contribution in [0.5, 0.6) is 0 Å². The van der Waals surface area contributed by atoms with Crippen molar-refractivity contribution in [3.8, 4) is 0 Å². The first-order chi connectivity index (χ1) is 7.74. The molecule has 1 atom stereocenters. The Hall–Kier alpha value is -1.33. The van der Waals surface area contributed by atoms with Crippen molar-refractivity contribution < 1.29 is 4.74 Å². The highest BCUT2D eigenvalue weighted by Crippen LogP contribution is 2.08. The van der Waals surface area contributed by atoms with Crippen molar-refractivity contribution in [2.45, 2.75) is 19.0 Å². The number of hydrogen-bond donors (Lipinski definition) is 3. The lowest BCUT2D eigenvalue weighted by Crippen LogP contribution is -2.48.